The Morgan fingerprint density at radius 1 is 1.53 bits per heavy atom. The van der Waals surface area contributed by atoms with Gasteiger partial charge in [0.05, 0.1) is 13.7 Å². The summed E-state index contributed by atoms with van der Waals surface area (Å²) in [6.45, 7) is 6.21. The molecule has 1 rings (SSSR count). The summed E-state index contributed by atoms with van der Waals surface area (Å²) in [5, 5.41) is 6.83. The average molecular weight is 241 g/mol. The van der Waals surface area contributed by atoms with Crippen LogP contribution in [0.4, 0.5) is 0 Å². The van der Waals surface area contributed by atoms with Gasteiger partial charge in [0.25, 0.3) is 0 Å². The maximum atomic E-state index is 11.5. The molecule has 1 heterocycles. The number of nitrogens with one attached hydrogen (secondary N) is 1. The van der Waals surface area contributed by atoms with Gasteiger partial charge in [-0.05, 0) is 5.92 Å². The Morgan fingerprint density at radius 3 is 2.71 bits per heavy atom. The summed E-state index contributed by atoms with van der Waals surface area (Å²) in [5.74, 6) is 1.00. The molecule has 0 aliphatic rings. The first-order chi connectivity index (χ1) is 8.08. The number of rotatable bonds is 6. The van der Waals surface area contributed by atoms with Gasteiger partial charge in [0.2, 0.25) is 5.89 Å². The summed E-state index contributed by atoms with van der Waals surface area (Å²) in [4.78, 5) is 15.6. The van der Waals surface area contributed by atoms with Crippen molar-refractivity contribution in [3.63, 3.8) is 0 Å². The van der Waals surface area contributed by atoms with Crippen LogP contribution < -0.4 is 5.32 Å². The molecule has 1 aromatic rings. The number of nitrogens with zero attached hydrogens (tertiary/aromatic N) is 2. The monoisotopic (exact) mass is 241 g/mol. The predicted octanol–water partition coefficient (Wildman–Crippen LogP) is 0.919. The van der Waals surface area contributed by atoms with Gasteiger partial charge < -0.3 is 9.26 Å². The van der Waals surface area contributed by atoms with E-state index in [4.69, 9.17) is 9.26 Å². The van der Waals surface area contributed by atoms with E-state index in [9.17, 15) is 4.79 Å². The van der Waals surface area contributed by atoms with Crippen LogP contribution in [-0.4, -0.2) is 29.3 Å². The van der Waals surface area contributed by atoms with Crippen molar-refractivity contribution in [1.82, 2.24) is 15.5 Å². The third kappa shape index (κ3) is 3.81. The maximum absolute atomic E-state index is 11.5. The van der Waals surface area contributed by atoms with E-state index in [0.717, 1.165) is 6.42 Å². The summed E-state index contributed by atoms with van der Waals surface area (Å²) in [6.07, 6.45) is 0.730. The number of carbonyl (C=O) groups is 1. The molecule has 0 aliphatic carbocycles. The number of methoxy groups -OCH3 is 1. The second-order valence-electron chi connectivity index (χ2n) is 4.08. The minimum absolute atomic E-state index is 0.135. The lowest BCUT2D eigenvalue weighted by atomic mass is 10.1. The zero-order valence-electron chi connectivity index (χ0n) is 10.7. The quantitative estimate of drug-likeness (QED) is 0.746. The zero-order valence-corrected chi connectivity index (χ0v) is 10.7. The van der Waals surface area contributed by atoms with Crippen molar-refractivity contribution in [2.24, 2.45) is 5.92 Å². The second-order valence-corrected chi connectivity index (χ2v) is 4.08. The van der Waals surface area contributed by atoms with Gasteiger partial charge in [0.1, 0.15) is 6.04 Å². The van der Waals surface area contributed by atoms with Gasteiger partial charge in [-0.3, -0.25) is 10.1 Å². The van der Waals surface area contributed by atoms with Gasteiger partial charge in [-0.25, -0.2) is 0 Å². The molecule has 0 fully saturated rings. The molecule has 1 atom stereocenters. The third-order valence-corrected chi connectivity index (χ3v) is 2.42. The van der Waals surface area contributed by atoms with Crippen LogP contribution in [0.1, 0.15) is 32.5 Å². The van der Waals surface area contributed by atoms with Gasteiger partial charge >= 0.3 is 5.97 Å². The number of hydrogen-bond acceptors (Lipinski definition) is 6. The summed E-state index contributed by atoms with van der Waals surface area (Å²) in [5.41, 5.74) is 0. The summed E-state index contributed by atoms with van der Waals surface area (Å²) >= 11 is 0. The lowest BCUT2D eigenvalue weighted by molar-refractivity contribution is -0.144. The van der Waals surface area contributed by atoms with E-state index >= 15 is 0 Å². The van der Waals surface area contributed by atoms with Gasteiger partial charge in [0, 0.05) is 6.42 Å². The molecule has 0 saturated heterocycles. The Bertz CT molecular complexity index is 363. The van der Waals surface area contributed by atoms with Crippen molar-refractivity contribution in [2.75, 3.05) is 7.11 Å². The Kier molecular flexibility index (Phi) is 5.09. The van der Waals surface area contributed by atoms with Gasteiger partial charge in [-0.15, -0.1) is 0 Å². The molecular weight excluding hydrogens is 222 g/mol. The zero-order chi connectivity index (χ0) is 12.8. The molecule has 0 aliphatic heterocycles. The fraction of sp³-hybridized carbons (Fsp3) is 0.727. The Balaban J connectivity index is 2.54. The van der Waals surface area contributed by atoms with Crippen molar-refractivity contribution >= 4 is 5.97 Å². The van der Waals surface area contributed by atoms with E-state index in [1.165, 1.54) is 7.11 Å². The Morgan fingerprint density at radius 2 is 2.24 bits per heavy atom. The molecule has 0 aromatic carbocycles. The highest BCUT2D eigenvalue weighted by Crippen LogP contribution is 2.05. The van der Waals surface area contributed by atoms with Crippen LogP contribution in [0.5, 0.6) is 0 Å². The van der Waals surface area contributed by atoms with Gasteiger partial charge in [-0.1, -0.05) is 25.9 Å². The van der Waals surface area contributed by atoms with Gasteiger partial charge in [-0.2, -0.15) is 4.98 Å². The third-order valence-electron chi connectivity index (χ3n) is 2.42. The van der Waals surface area contributed by atoms with E-state index < -0.39 is 0 Å². The normalized spacial score (nSPS) is 12.8. The second kappa shape index (κ2) is 6.34. The van der Waals surface area contributed by atoms with Crippen LogP contribution >= 0.6 is 0 Å². The van der Waals surface area contributed by atoms with Crippen molar-refractivity contribution in [3.05, 3.63) is 11.7 Å². The van der Waals surface area contributed by atoms with Crippen LogP contribution in [0.2, 0.25) is 0 Å². The molecule has 1 aromatic heterocycles. The molecule has 96 valence electrons. The number of ether oxygens (including phenoxy) is 1. The molecule has 0 bridgehead atoms. The first-order valence-corrected chi connectivity index (χ1v) is 5.71. The molecule has 0 amide bonds. The Hall–Kier alpha value is -1.43. The highest BCUT2D eigenvalue weighted by molar-refractivity contribution is 5.75. The molecule has 6 heteroatoms. The summed E-state index contributed by atoms with van der Waals surface area (Å²) < 4.78 is 9.74. The number of aromatic nitrogens is 2. The Labute approximate surface area is 101 Å². The number of carbonyl (C=O) groups excluding carboxylic acids is 1. The smallest absolute Gasteiger partial charge is 0.323 e. The minimum atomic E-state index is -0.364. The van der Waals surface area contributed by atoms with E-state index in [1.54, 1.807) is 0 Å². The van der Waals surface area contributed by atoms with Crippen LogP contribution in [0.15, 0.2) is 4.52 Å². The minimum Gasteiger partial charge on any atom is -0.468 e. The number of esters is 1. The molecule has 0 saturated carbocycles. The van der Waals surface area contributed by atoms with Crippen molar-refractivity contribution in [1.29, 1.82) is 0 Å². The van der Waals surface area contributed by atoms with Crippen LogP contribution in [-0.2, 0) is 22.5 Å². The number of aryl methyl sites for hydroxylation is 1. The van der Waals surface area contributed by atoms with E-state index in [1.807, 2.05) is 20.8 Å². The average Bonchev–Trinajstić information content (AvgIpc) is 2.76. The molecular formula is C11H19N3O3. The SMILES string of the molecule is CCc1noc(CNC(C(=O)OC)C(C)C)n1. The molecule has 6 nitrogen and oxygen atoms in total. The highest BCUT2D eigenvalue weighted by atomic mass is 16.5. The van der Waals surface area contributed by atoms with Crippen molar-refractivity contribution in [2.45, 2.75) is 39.8 Å². The van der Waals surface area contributed by atoms with Crippen LogP contribution in [0, 0.1) is 5.92 Å². The molecule has 0 spiro atoms. The van der Waals surface area contributed by atoms with E-state index in [-0.39, 0.29) is 17.9 Å². The maximum Gasteiger partial charge on any atom is 0.323 e. The summed E-state index contributed by atoms with van der Waals surface area (Å²) in [7, 11) is 1.38. The summed E-state index contributed by atoms with van der Waals surface area (Å²) in [6, 6.07) is -0.364. The van der Waals surface area contributed by atoms with Crippen molar-refractivity contribution < 1.29 is 14.1 Å². The predicted molar refractivity (Wildman–Crippen MR) is 61.2 cm³/mol. The van der Waals surface area contributed by atoms with Crippen molar-refractivity contribution in [3.8, 4) is 0 Å². The molecule has 0 radical (unpaired) electrons. The first kappa shape index (κ1) is 13.6. The standard InChI is InChI=1S/C11H19N3O3/c1-5-8-13-9(17-14-8)6-12-10(7(2)3)11(15)16-4/h7,10,12H,5-6H2,1-4H3. The molecule has 1 N–H and O–H groups in total. The lowest BCUT2D eigenvalue weighted by Gasteiger charge is -2.18. The first-order valence-electron chi connectivity index (χ1n) is 5.71. The lowest BCUT2D eigenvalue weighted by Crippen LogP contribution is -2.41. The fourth-order valence-electron chi connectivity index (χ4n) is 1.42. The van der Waals surface area contributed by atoms with E-state index in [2.05, 4.69) is 15.5 Å². The largest absolute Gasteiger partial charge is 0.468 e. The van der Waals surface area contributed by atoms with Crippen LogP contribution in [0.25, 0.3) is 0 Å². The number of hydrogen-bond donors (Lipinski definition) is 1. The molecule has 1 unspecified atom stereocenters. The van der Waals surface area contributed by atoms with Gasteiger partial charge in [0.15, 0.2) is 5.82 Å². The fourth-order valence-corrected chi connectivity index (χ4v) is 1.42. The molecule has 17 heavy (non-hydrogen) atoms. The van der Waals surface area contributed by atoms with E-state index in [0.29, 0.717) is 18.3 Å². The van der Waals surface area contributed by atoms with Crippen LogP contribution in [0.3, 0.4) is 0 Å². The topological polar surface area (TPSA) is 77.2 Å². The highest BCUT2D eigenvalue weighted by Gasteiger charge is 2.22.